The lowest BCUT2D eigenvalue weighted by atomic mass is 10.0. The van der Waals surface area contributed by atoms with E-state index in [4.69, 9.17) is 4.74 Å². The highest BCUT2D eigenvalue weighted by molar-refractivity contribution is 5.90. The topological polar surface area (TPSA) is 54.3 Å². The van der Waals surface area contributed by atoms with Crippen LogP contribution in [0.1, 0.15) is 41.3 Å². The zero-order valence-corrected chi connectivity index (χ0v) is 14.8. The first-order chi connectivity index (χ1) is 12.7. The zero-order valence-electron chi connectivity index (χ0n) is 14.8. The number of halogens is 1. The smallest absolute Gasteiger partial charge is 0.338 e. The van der Waals surface area contributed by atoms with Crippen LogP contribution in [-0.4, -0.2) is 30.7 Å². The lowest BCUT2D eigenvalue weighted by molar-refractivity contribution is 0.0526. The van der Waals surface area contributed by atoms with E-state index in [1.165, 1.54) is 12.1 Å². The second-order valence-corrected chi connectivity index (χ2v) is 6.22. The summed E-state index contributed by atoms with van der Waals surface area (Å²) < 4.78 is 18.2. The van der Waals surface area contributed by atoms with Gasteiger partial charge in [-0.3, -0.25) is 5.01 Å². The average molecular weight is 355 g/mol. The molecule has 26 heavy (non-hydrogen) atoms. The van der Waals surface area contributed by atoms with E-state index in [-0.39, 0.29) is 11.8 Å². The Kier molecular flexibility index (Phi) is 5.94. The van der Waals surface area contributed by atoms with Crippen molar-refractivity contribution in [2.45, 2.75) is 26.2 Å². The van der Waals surface area contributed by atoms with E-state index in [9.17, 15) is 9.18 Å². The molecule has 1 fully saturated rings. The molecule has 6 heteroatoms. The number of ether oxygens (including phenoxy) is 1. The van der Waals surface area contributed by atoms with Crippen LogP contribution in [-0.2, 0) is 11.2 Å². The molecule has 2 aromatic rings. The first kappa shape index (κ1) is 18.0. The first-order valence-electron chi connectivity index (χ1n) is 8.87. The fourth-order valence-corrected chi connectivity index (χ4v) is 2.89. The Hall–Kier alpha value is -2.76. The molecule has 1 aliphatic heterocycles. The Morgan fingerprint density at radius 3 is 2.58 bits per heavy atom. The first-order valence-corrected chi connectivity index (χ1v) is 8.87. The van der Waals surface area contributed by atoms with Crippen molar-refractivity contribution in [2.75, 3.05) is 19.7 Å². The van der Waals surface area contributed by atoms with Gasteiger partial charge in [0.2, 0.25) is 0 Å². The van der Waals surface area contributed by atoms with Crippen LogP contribution in [0.5, 0.6) is 0 Å². The van der Waals surface area contributed by atoms with Crippen molar-refractivity contribution in [3.63, 3.8) is 0 Å². The van der Waals surface area contributed by atoms with Crippen LogP contribution >= 0.6 is 0 Å². The highest BCUT2D eigenvalue weighted by atomic mass is 19.1. The van der Waals surface area contributed by atoms with Gasteiger partial charge in [0, 0.05) is 13.1 Å². The van der Waals surface area contributed by atoms with Crippen molar-refractivity contribution >= 4 is 11.7 Å². The van der Waals surface area contributed by atoms with Gasteiger partial charge in [-0.05, 0) is 67.6 Å². The van der Waals surface area contributed by atoms with Crippen LogP contribution in [0.2, 0.25) is 0 Å². The number of hydrogen-bond donors (Lipinski definition) is 0. The minimum Gasteiger partial charge on any atom is -0.462 e. The van der Waals surface area contributed by atoms with Crippen LogP contribution < -0.4 is 0 Å². The summed E-state index contributed by atoms with van der Waals surface area (Å²) in [7, 11) is 0. The van der Waals surface area contributed by atoms with E-state index in [0.717, 1.165) is 37.1 Å². The molecule has 5 nitrogen and oxygen atoms in total. The van der Waals surface area contributed by atoms with Gasteiger partial charge < -0.3 is 4.74 Å². The molecule has 0 radical (unpaired) electrons. The molecule has 0 unspecified atom stereocenters. The van der Waals surface area contributed by atoms with E-state index in [2.05, 4.69) is 10.3 Å². The monoisotopic (exact) mass is 355 g/mol. The predicted octanol–water partition coefficient (Wildman–Crippen LogP) is 4.69. The van der Waals surface area contributed by atoms with Crippen LogP contribution in [0.3, 0.4) is 0 Å². The van der Waals surface area contributed by atoms with E-state index in [1.807, 2.05) is 5.01 Å². The molecular formula is C20H22FN3O2. The van der Waals surface area contributed by atoms with E-state index >= 15 is 0 Å². The molecule has 3 rings (SSSR count). The van der Waals surface area contributed by atoms with Gasteiger partial charge in [0.15, 0.2) is 0 Å². The van der Waals surface area contributed by atoms with Gasteiger partial charge in [-0.25, -0.2) is 9.18 Å². The van der Waals surface area contributed by atoms with E-state index in [1.54, 1.807) is 37.3 Å². The minimum atomic E-state index is -0.365. The van der Waals surface area contributed by atoms with Crippen molar-refractivity contribution in [1.29, 1.82) is 0 Å². The number of hydrogen-bond acceptors (Lipinski definition) is 4. The molecule has 1 aliphatic rings. The van der Waals surface area contributed by atoms with Gasteiger partial charge in [-0.15, -0.1) is 5.11 Å². The lowest BCUT2D eigenvalue weighted by Gasteiger charge is -2.11. The molecule has 0 aliphatic carbocycles. The number of nitrogens with zero attached hydrogens (tertiary/aromatic N) is 3. The molecule has 0 bridgehead atoms. The summed E-state index contributed by atoms with van der Waals surface area (Å²) in [6.07, 6.45) is 2.79. The van der Waals surface area contributed by atoms with Crippen LogP contribution in [0.15, 0.2) is 52.8 Å². The number of carbonyl (C=O) groups excluding carboxylic acids is 1. The van der Waals surface area contributed by atoms with Crippen molar-refractivity contribution in [2.24, 2.45) is 10.3 Å². The summed E-state index contributed by atoms with van der Waals surface area (Å²) >= 11 is 0. The van der Waals surface area contributed by atoms with E-state index < -0.39 is 0 Å². The second kappa shape index (κ2) is 8.56. The summed E-state index contributed by atoms with van der Waals surface area (Å²) in [4.78, 5) is 12.0. The molecule has 0 N–H and O–H groups in total. The summed E-state index contributed by atoms with van der Waals surface area (Å²) in [5.74, 6) is -0.640. The Morgan fingerprint density at radius 2 is 1.88 bits per heavy atom. The van der Waals surface area contributed by atoms with Gasteiger partial charge in [-0.2, -0.15) is 0 Å². The maximum atomic E-state index is 13.2. The number of carbonyl (C=O) groups is 1. The van der Waals surface area contributed by atoms with Crippen molar-refractivity contribution in [3.8, 4) is 0 Å². The Labute approximate surface area is 152 Å². The molecule has 0 atom stereocenters. The molecule has 0 saturated carbocycles. The maximum absolute atomic E-state index is 13.2. The molecule has 0 spiro atoms. The fraction of sp³-hybridized carbons (Fsp3) is 0.350. The van der Waals surface area contributed by atoms with Crippen molar-refractivity contribution < 1.29 is 13.9 Å². The third-order valence-electron chi connectivity index (χ3n) is 4.26. The Balaban J connectivity index is 1.88. The van der Waals surface area contributed by atoms with Gasteiger partial charge in [0.05, 0.1) is 17.9 Å². The Bertz CT molecular complexity index is 784. The highest BCUT2D eigenvalue weighted by Gasteiger charge is 2.13. The molecule has 1 heterocycles. The molecular weight excluding hydrogens is 333 g/mol. The van der Waals surface area contributed by atoms with Crippen LogP contribution in [0, 0.1) is 5.82 Å². The summed E-state index contributed by atoms with van der Waals surface area (Å²) in [6, 6.07) is 11.6. The molecule has 1 saturated heterocycles. The van der Waals surface area contributed by atoms with Gasteiger partial charge in [-0.1, -0.05) is 17.4 Å². The zero-order chi connectivity index (χ0) is 18.4. The molecule has 2 aromatic carbocycles. The minimum absolute atomic E-state index is 0.275. The standard InChI is InChI=1S/C20H22FN3O2/c1-2-26-20(25)16-7-10-19(22-23-24-11-3-4-12-24)17(14-16)13-15-5-8-18(21)9-6-15/h5-10,14H,2-4,11-13H2,1H3. The largest absolute Gasteiger partial charge is 0.462 e. The second-order valence-electron chi connectivity index (χ2n) is 6.22. The summed E-state index contributed by atoms with van der Waals surface area (Å²) in [6.45, 7) is 3.92. The predicted molar refractivity (Wildman–Crippen MR) is 96.9 cm³/mol. The normalized spacial score (nSPS) is 14.2. The maximum Gasteiger partial charge on any atom is 0.338 e. The van der Waals surface area contributed by atoms with Gasteiger partial charge in [0.1, 0.15) is 5.82 Å². The fourth-order valence-electron chi connectivity index (χ4n) is 2.89. The molecule has 0 amide bonds. The third-order valence-corrected chi connectivity index (χ3v) is 4.26. The Morgan fingerprint density at radius 1 is 1.15 bits per heavy atom. The number of benzene rings is 2. The van der Waals surface area contributed by atoms with Crippen LogP contribution in [0.4, 0.5) is 10.1 Å². The highest BCUT2D eigenvalue weighted by Crippen LogP contribution is 2.25. The van der Waals surface area contributed by atoms with E-state index in [0.29, 0.717) is 24.3 Å². The quantitative estimate of drug-likeness (QED) is 0.558. The molecule has 136 valence electrons. The number of rotatable bonds is 6. The van der Waals surface area contributed by atoms with Crippen molar-refractivity contribution in [1.82, 2.24) is 5.01 Å². The summed E-state index contributed by atoms with van der Waals surface area (Å²) in [5.41, 5.74) is 2.97. The molecule has 0 aromatic heterocycles. The van der Waals surface area contributed by atoms with Crippen LogP contribution in [0.25, 0.3) is 0 Å². The van der Waals surface area contributed by atoms with Crippen molar-refractivity contribution in [3.05, 3.63) is 65.0 Å². The lowest BCUT2D eigenvalue weighted by Crippen LogP contribution is -2.09. The number of esters is 1. The third kappa shape index (κ3) is 4.65. The van der Waals surface area contributed by atoms with Gasteiger partial charge >= 0.3 is 5.97 Å². The van der Waals surface area contributed by atoms with Gasteiger partial charge in [0.25, 0.3) is 0 Å². The summed E-state index contributed by atoms with van der Waals surface area (Å²) in [5, 5.41) is 10.6. The SMILES string of the molecule is CCOC(=O)c1ccc(N=NN2CCCC2)c(Cc2ccc(F)cc2)c1. The average Bonchev–Trinajstić information content (AvgIpc) is 3.16.